The molecule has 0 unspecified atom stereocenters. The van der Waals surface area contributed by atoms with Gasteiger partial charge in [0.05, 0.1) is 5.41 Å². The van der Waals surface area contributed by atoms with Crippen molar-refractivity contribution in [3.05, 3.63) is 222 Å². The zero-order chi connectivity index (χ0) is 37.8. The van der Waals surface area contributed by atoms with Crippen molar-refractivity contribution in [1.82, 2.24) is 15.0 Å². The lowest BCUT2D eigenvalue weighted by Gasteiger charge is -2.34. The van der Waals surface area contributed by atoms with Crippen LogP contribution in [0, 0.1) is 0 Å². The van der Waals surface area contributed by atoms with Crippen molar-refractivity contribution in [2.75, 3.05) is 0 Å². The first-order chi connectivity index (χ1) is 28.2. The maximum Gasteiger partial charge on any atom is 0.178 e. The first kappa shape index (κ1) is 32.8. The van der Waals surface area contributed by atoms with Crippen LogP contribution in [0.15, 0.2) is 200 Å². The molecule has 0 N–H and O–H groups in total. The Bertz CT molecular complexity index is 2840. The molecule has 5 nitrogen and oxygen atoms in total. The molecular weight excluding hydrogens is 699 g/mol. The molecule has 2 aliphatic rings. The first-order valence-corrected chi connectivity index (χ1v) is 19.1. The summed E-state index contributed by atoms with van der Waals surface area (Å²) in [4.78, 5) is 14.7. The molecule has 0 atom stereocenters. The maximum atomic E-state index is 6.96. The average molecular weight is 732 g/mol. The van der Waals surface area contributed by atoms with E-state index in [-0.39, 0.29) is 0 Å². The Morgan fingerprint density at radius 2 is 0.807 bits per heavy atom. The fourth-order valence-corrected chi connectivity index (χ4v) is 8.49. The highest BCUT2D eigenvalue weighted by Crippen LogP contribution is 2.62. The number of fused-ring (bicyclic) bond motifs is 6. The number of benzene rings is 8. The standard InChI is InChI=1S/C52H33N3O2/c1-5-15-35(16-6-1)49-53-50(36-17-7-2-8-18-36)55-51(54-49)37-27-25-34(26-28-37)38-29-31-44-46(33-38)57-48-45(56-44)32-30-43-47(48)41-23-13-14-24-42(41)52(43,39-19-9-3-10-20-39)40-21-11-4-12-22-40/h1-33H. The molecule has 11 rings (SSSR count). The molecule has 1 aliphatic heterocycles. The molecular formula is C52H33N3O2. The van der Waals surface area contributed by atoms with Gasteiger partial charge in [-0.2, -0.15) is 0 Å². The minimum absolute atomic E-state index is 0.529. The van der Waals surface area contributed by atoms with E-state index in [0.29, 0.717) is 34.7 Å². The lowest BCUT2D eigenvalue weighted by atomic mass is 9.68. The molecule has 0 saturated carbocycles. The van der Waals surface area contributed by atoms with Crippen LogP contribution in [0.5, 0.6) is 23.0 Å². The van der Waals surface area contributed by atoms with E-state index < -0.39 is 5.41 Å². The third kappa shape index (κ3) is 5.35. The Labute approximate surface area is 330 Å². The molecule has 57 heavy (non-hydrogen) atoms. The fourth-order valence-electron chi connectivity index (χ4n) is 8.49. The van der Waals surface area contributed by atoms with E-state index in [0.717, 1.165) is 44.7 Å². The van der Waals surface area contributed by atoms with Crippen molar-refractivity contribution < 1.29 is 9.47 Å². The van der Waals surface area contributed by atoms with E-state index in [1.807, 2.05) is 66.7 Å². The summed E-state index contributed by atoms with van der Waals surface area (Å²) >= 11 is 0. The van der Waals surface area contributed by atoms with Crippen molar-refractivity contribution in [3.63, 3.8) is 0 Å². The van der Waals surface area contributed by atoms with E-state index in [2.05, 4.69) is 133 Å². The van der Waals surface area contributed by atoms with Crippen LogP contribution in [0.3, 0.4) is 0 Å². The van der Waals surface area contributed by atoms with Crippen LogP contribution in [0.1, 0.15) is 22.3 Å². The van der Waals surface area contributed by atoms with Crippen LogP contribution < -0.4 is 9.47 Å². The molecule has 0 saturated heterocycles. The van der Waals surface area contributed by atoms with Gasteiger partial charge in [-0.15, -0.1) is 0 Å². The van der Waals surface area contributed by atoms with Gasteiger partial charge in [-0.3, -0.25) is 0 Å². The van der Waals surface area contributed by atoms with Gasteiger partial charge < -0.3 is 9.47 Å². The first-order valence-electron chi connectivity index (χ1n) is 19.1. The van der Waals surface area contributed by atoms with Crippen molar-refractivity contribution in [2.24, 2.45) is 0 Å². The number of aromatic nitrogens is 3. The molecule has 268 valence electrons. The summed E-state index contributed by atoms with van der Waals surface area (Å²) in [6.07, 6.45) is 0. The summed E-state index contributed by atoms with van der Waals surface area (Å²) in [7, 11) is 0. The van der Waals surface area contributed by atoms with E-state index in [1.165, 1.54) is 22.3 Å². The quantitative estimate of drug-likeness (QED) is 0.170. The molecule has 2 heterocycles. The molecule has 9 aromatic rings. The van der Waals surface area contributed by atoms with Crippen molar-refractivity contribution in [2.45, 2.75) is 5.41 Å². The van der Waals surface area contributed by atoms with Gasteiger partial charge in [-0.25, -0.2) is 15.0 Å². The number of ether oxygens (including phenoxy) is 2. The molecule has 8 aromatic carbocycles. The summed E-state index contributed by atoms with van der Waals surface area (Å²) in [6.45, 7) is 0. The highest BCUT2D eigenvalue weighted by Gasteiger charge is 2.48. The molecule has 0 amide bonds. The highest BCUT2D eigenvalue weighted by atomic mass is 16.6. The predicted molar refractivity (Wildman–Crippen MR) is 225 cm³/mol. The second kappa shape index (κ2) is 13.3. The molecule has 0 radical (unpaired) electrons. The summed E-state index contributed by atoms with van der Waals surface area (Å²) in [5, 5.41) is 0. The molecule has 0 spiro atoms. The van der Waals surface area contributed by atoms with Crippen LogP contribution in [0.4, 0.5) is 0 Å². The minimum atomic E-state index is -0.529. The van der Waals surface area contributed by atoms with E-state index in [4.69, 9.17) is 24.4 Å². The van der Waals surface area contributed by atoms with Gasteiger partial charge in [0.25, 0.3) is 0 Å². The van der Waals surface area contributed by atoms with Gasteiger partial charge in [0.2, 0.25) is 0 Å². The SMILES string of the molecule is c1ccc(-c2nc(-c3ccccc3)nc(-c3ccc(-c4ccc5c(c4)Oc4c(ccc6c4-c4ccccc4C6(c4ccccc4)c4ccccc4)O5)cc3)n2)cc1. The maximum absolute atomic E-state index is 6.96. The normalized spacial score (nSPS) is 13.0. The van der Waals surface area contributed by atoms with E-state index >= 15 is 0 Å². The number of hydrogen-bond acceptors (Lipinski definition) is 5. The lowest BCUT2D eigenvalue weighted by molar-refractivity contribution is 0.360. The second-order valence-corrected chi connectivity index (χ2v) is 14.3. The zero-order valence-electron chi connectivity index (χ0n) is 30.7. The van der Waals surface area contributed by atoms with Gasteiger partial charge in [-0.1, -0.05) is 182 Å². The molecule has 1 aromatic heterocycles. The minimum Gasteiger partial charge on any atom is -0.449 e. The zero-order valence-corrected chi connectivity index (χ0v) is 30.7. The van der Waals surface area contributed by atoms with E-state index in [1.54, 1.807) is 0 Å². The molecule has 1 aliphatic carbocycles. The Morgan fingerprint density at radius 1 is 0.333 bits per heavy atom. The largest absolute Gasteiger partial charge is 0.449 e. The van der Waals surface area contributed by atoms with Gasteiger partial charge in [-0.05, 0) is 57.1 Å². The van der Waals surface area contributed by atoms with Gasteiger partial charge >= 0.3 is 0 Å². The molecule has 5 heteroatoms. The molecule has 0 bridgehead atoms. The summed E-state index contributed by atoms with van der Waals surface area (Å²) < 4.78 is 13.6. The predicted octanol–water partition coefficient (Wildman–Crippen LogP) is 12.8. The average Bonchev–Trinajstić information content (AvgIpc) is 3.61. The fraction of sp³-hybridized carbons (Fsp3) is 0.0192. The lowest BCUT2D eigenvalue weighted by Crippen LogP contribution is -2.28. The van der Waals surface area contributed by atoms with Gasteiger partial charge in [0, 0.05) is 22.3 Å². The summed E-state index contributed by atoms with van der Waals surface area (Å²) in [5.74, 6) is 4.66. The van der Waals surface area contributed by atoms with Crippen LogP contribution in [0.25, 0.3) is 56.4 Å². The van der Waals surface area contributed by atoms with Crippen LogP contribution in [0.2, 0.25) is 0 Å². The Hall–Kier alpha value is -7.63. The Balaban J connectivity index is 0.976. The summed E-state index contributed by atoms with van der Waals surface area (Å²) in [6, 6.07) is 69.1. The van der Waals surface area contributed by atoms with Gasteiger partial charge in [0.15, 0.2) is 40.5 Å². The second-order valence-electron chi connectivity index (χ2n) is 14.3. The number of hydrogen-bond donors (Lipinski definition) is 0. The monoisotopic (exact) mass is 731 g/mol. The topological polar surface area (TPSA) is 57.1 Å². The van der Waals surface area contributed by atoms with Crippen LogP contribution in [-0.4, -0.2) is 15.0 Å². The van der Waals surface area contributed by atoms with Crippen molar-refractivity contribution in [1.29, 1.82) is 0 Å². The Morgan fingerprint density at radius 3 is 1.40 bits per heavy atom. The van der Waals surface area contributed by atoms with Gasteiger partial charge in [0.1, 0.15) is 0 Å². The number of rotatable bonds is 6. The smallest absolute Gasteiger partial charge is 0.178 e. The van der Waals surface area contributed by atoms with Crippen LogP contribution >= 0.6 is 0 Å². The third-order valence-electron chi connectivity index (χ3n) is 11.1. The highest BCUT2D eigenvalue weighted by molar-refractivity contribution is 5.92. The van der Waals surface area contributed by atoms with Crippen molar-refractivity contribution >= 4 is 0 Å². The van der Waals surface area contributed by atoms with E-state index in [9.17, 15) is 0 Å². The third-order valence-corrected chi connectivity index (χ3v) is 11.1. The Kier molecular flexibility index (Phi) is 7.64. The molecule has 0 fully saturated rings. The summed E-state index contributed by atoms with van der Waals surface area (Å²) in [5.41, 5.74) is 11.3. The number of nitrogens with zero attached hydrogens (tertiary/aromatic N) is 3. The van der Waals surface area contributed by atoms with Crippen molar-refractivity contribution in [3.8, 4) is 79.4 Å². The van der Waals surface area contributed by atoms with Crippen LogP contribution in [-0.2, 0) is 5.41 Å².